The molecule has 0 saturated carbocycles. The summed E-state index contributed by atoms with van der Waals surface area (Å²) < 4.78 is 5.07. The van der Waals surface area contributed by atoms with Gasteiger partial charge in [0.15, 0.2) is 0 Å². The summed E-state index contributed by atoms with van der Waals surface area (Å²) in [6.45, 7) is 4.49. The van der Waals surface area contributed by atoms with Crippen LogP contribution in [0.3, 0.4) is 0 Å². The number of nitrogens with one attached hydrogen (secondary N) is 1. The van der Waals surface area contributed by atoms with Crippen LogP contribution in [0, 0.1) is 5.92 Å². The Bertz CT molecular complexity index is 375. The van der Waals surface area contributed by atoms with E-state index >= 15 is 0 Å². The number of benzene rings is 1. The second-order valence-corrected chi connectivity index (χ2v) is 4.43. The van der Waals surface area contributed by atoms with E-state index in [0.29, 0.717) is 6.54 Å². The Morgan fingerprint density at radius 2 is 2.00 bits per heavy atom. The summed E-state index contributed by atoms with van der Waals surface area (Å²) in [6, 6.07) is 7.10. The fraction of sp³-hybridized carbons (Fsp3) is 0.500. The maximum absolute atomic E-state index is 11.1. The highest BCUT2D eigenvalue weighted by molar-refractivity contribution is 5.73. The van der Waals surface area contributed by atoms with Gasteiger partial charge in [-0.05, 0) is 23.6 Å². The van der Waals surface area contributed by atoms with E-state index in [9.17, 15) is 4.79 Å². The highest BCUT2D eigenvalue weighted by atomic mass is 16.5. The minimum atomic E-state index is -0.794. The van der Waals surface area contributed by atoms with Gasteiger partial charge in [0.05, 0.1) is 7.11 Å². The highest BCUT2D eigenvalue weighted by Gasteiger charge is 2.22. The third kappa shape index (κ3) is 4.04. The van der Waals surface area contributed by atoms with Gasteiger partial charge in [-0.1, -0.05) is 32.4 Å². The van der Waals surface area contributed by atoms with Crippen molar-refractivity contribution in [3.63, 3.8) is 0 Å². The second-order valence-electron chi connectivity index (χ2n) is 4.43. The molecule has 0 heterocycles. The molecule has 2 unspecified atom stereocenters. The van der Waals surface area contributed by atoms with E-state index < -0.39 is 12.0 Å². The predicted octanol–water partition coefficient (Wildman–Crippen LogP) is 2.28. The van der Waals surface area contributed by atoms with Gasteiger partial charge >= 0.3 is 5.97 Å². The molecular weight excluding hydrogens is 230 g/mol. The molecule has 4 nitrogen and oxygen atoms in total. The fourth-order valence-electron chi connectivity index (χ4n) is 1.74. The Morgan fingerprint density at radius 1 is 1.39 bits per heavy atom. The maximum atomic E-state index is 11.1. The zero-order valence-electron chi connectivity index (χ0n) is 11.1. The summed E-state index contributed by atoms with van der Waals surface area (Å²) in [4.78, 5) is 11.1. The van der Waals surface area contributed by atoms with E-state index in [0.717, 1.165) is 17.7 Å². The molecule has 2 N–H and O–H groups in total. The van der Waals surface area contributed by atoms with E-state index in [1.54, 1.807) is 7.11 Å². The maximum Gasteiger partial charge on any atom is 0.320 e. The van der Waals surface area contributed by atoms with Crippen molar-refractivity contribution < 1.29 is 14.6 Å². The van der Waals surface area contributed by atoms with E-state index in [-0.39, 0.29) is 5.92 Å². The van der Waals surface area contributed by atoms with Crippen molar-refractivity contribution in [2.75, 3.05) is 7.11 Å². The SMILES string of the molecule is CCC(C)C(NCc1ccc(OC)cc1)C(=O)O. The molecule has 0 fully saturated rings. The molecule has 4 heteroatoms. The molecule has 100 valence electrons. The average Bonchev–Trinajstić information content (AvgIpc) is 2.39. The molecule has 18 heavy (non-hydrogen) atoms. The first kappa shape index (κ1) is 14.5. The Labute approximate surface area is 108 Å². The number of carboxylic acid groups (broad SMARTS) is 1. The van der Waals surface area contributed by atoms with Crippen LogP contribution < -0.4 is 10.1 Å². The molecule has 0 bridgehead atoms. The smallest absolute Gasteiger partial charge is 0.320 e. The molecule has 0 radical (unpaired) electrons. The summed E-state index contributed by atoms with van der Waals surface area (Å²) in [5.41, 5.74) is 1.05. The number of carbonyl (C=O) groups is 1. The summed E-state index contributed by atoms with van der Waals surface area (Å²) in [5.74, 6) is 0.120. The van der Waals surface area contributed by atoms with Gasteiger partial charge in [-0.25, -0.2) is 0 Å². The zero-order valence-corrected chi connectivity index (χ0v) is 11.1. The van der Waals surface area contributed by atoms with Gasteiger partial charge in [0.25, 0.3) is 0 Å². The molecule has 0 aromatic heterocycles. The van der Waals surface area contributed by atoms with Crippen molar-refractivity contribution in [3.8, 4) is 5.75 Å². The van der Waals surface area contributed by atoms with Gasteiger partial charge in [-0.2, -0.15) is 0 Å². The van der Waals surface area contributed by atoms with Crippen molar-refractivity contribution in [1.82, 2.24) is 5.32 Å². The van der Waals surface area contributed by atoms with E-state index in [2.05, 4.69) is 5.32 Å². The summed E-state index contributed by atoms with van der Waals surface area (Å²) >= 11 is 0. The van der Waals surface area contributed by atoms with Crippen molar-refractivity contribution >= 4 is 5.97 Å². The largest absolute Gasteiger partial charge is 0.497 e. The molecule has 0 aliphatic heterocycles. The summed E-state index contributed by atoms with van der Waals surface area (Å²) in [6.07, 6.45) is 0.840. The molecule has 0 amide bonds. The lowest BCUT2D eigenvalue weighted by molar-refractivity contribution is -0.140. The number of carboxylic acids is 1. The van der Waals surface area contributed by atoms with E-state index in [1.165, 1.54) is 0 Å². The second kappa shape index (κ2) is 7.01. The van der Waals surface area contributed by atoms with E-state index in [4.69, 9.17) is 9.84 Å². The number of hydrogen-bond donors (Lipinski definition) is 2. The molecule has 2 atom stereocenters. The normalized spacial score (nSPS) is 13.9. The van der Waals surface area contributed by atoms with Gasteiger partial charge in [-0.3, -0.25) is 4.79 Å². The van der Waals surface area contributed by atoms with Crippen LogP contribution in [0.25, 0.3) is 0 Å². The van der Waals surface area contributed by atoms with Crippen LogP contribution in [0.15, 0.2) is 24.3 Å². The minimum Gasteiger partial charge on any atom is -0.497 e. The number of hydrogen-bond acceptors (Lipinski definition) is 3. The van der Waals surface area contributed by atoms with Gasteiger partial charge in [-0.15, -0.1) is 0 Å². The van der Waals surface area contributed by atoms with Gasteiger partial charge < -0.3 is 15.2 Å². The molecule has 0 spiro atoms. The number of methoxy groups -OCH3 is 1. The third-order valence-electron chi connectivity index (χ3n) is 3.16. The number of ether oxygens (including phenoxy) is 1. The van der Waals surface area contributed by atoms with Gasteiger partial charge in [0.1, 0.15) is 11.8 Å². The van der Waals surface area contributed by atoms with Crippen LogP contribution in [-0.4, -0.2) is 24.2 Å². The standard InChI is InChI=1S/C14H21NO3/c1-4-10(2)13(14(16)17)15-9-11-5-7-12(18-3)8-6-11/h5-8,10,13,15H,4,9H2,1-3H3,(H,16,17). The van der Waals surface area contributed by atoms with Crippen molar-refractivity contribution in [1.29, 1.82) is 0 Å². The van der Waals surface area contributed by atoms with Crippen molar-refractivity contribution in [2.45, 2.75) is 32.9 Å². The van der Waals surface area contributed by atoms with Crippen LogP contribution in [0.1, 0.15) is 25.8 Å². The first-order chi connectivity index (χ1) is 8.58. The van der Waals surface area contributed by atoms with Crippen LogP contribution in [0.5, 0.6) is 5.75 Å². The monoisotopic (exact) mass is 251 g/mol. The highest BCUT2D eigenvalue weighted by Crippen LogP contribution is 2.13. The van der Waals surface area contributed by atoms with Crippen LogP contribution in [-0.2, 0) is 11.3 Å². The number of rotatable bonds is 7. The molecule has 1 aromatic carbocycles. The topological polar surface area (TPSA) is 58.6 Å². The third-order valence-corrected chi connectivity index (χ3v) is 3.16. The van der Waals surface area contributed by atoms with Gasteiger partial charge in [0.2, 0.25) is 0 Å². The molecular formula is C14H21NO3. The zero-order chi connectivity index (χ0) is 13.5. The molecule has 0 saturated heterocycles. The Kier molecular flexibility index (Phi) is 5.65. The van der Waals surface area contributed by atoms with Crippen LogP contribution in [0.2, 0.25) is 0 Å². The molecule has 0 aliphatic rings. The molecule has 1 aromatic rings. The predicted molar refractivity (Wildman–Crippen MR) is 70.7 cm³/mol. The Morgan fingerprint density at radius 3 is 2.44 bits per heavy atom. The summed E-state index contributed by atoms with van der Waals surface area (Å²) in [5, 5.41) is 12.2. The quantitative estimate of drug-likeness (QED) is 0.780. The van der Waals surface area contributed by atoms with Crippen molar-refractivity contribution in [3.05, 3.63) is 29.8 Å². The van der Waals surface area contributed by atoms with E-state index in [1.807, 2.05) is 38.1 Å². The van der Waals surface area contributed by atoms with Crippen molar-refractivity contribution in [2.24, 2.45) is 5.92 Å². The Balaban J connectivity index is 2.58. The number of aliphatic carboxylic acids is 1. The van der Waals surface area contributed by atoms with Gasteiger partial charge in [0, 0.05) is 6.54 Å². The fourth-order valence-corrected chi connectivity index (χ4v) is 1.74. The average molecular weight is 251 g/mol. The Hall–Kier alpha value is -1.55. The lowest BCUT2D eigenvalue weighted by atomic mass is 9.99. The minimum absolute atomic E-state index is 0.112. The first-order valence-electron chi connectivity index (χ1n) is 6.17. The van der Waals surface area contributed by atoms with Crippen LogP contribution in [0.4, 0.5) is 0 Å². The first-order valence-corrected chi connectivity index (χ1v) is 6.17. The lowest BCUT2D eigenvalue weighted by Gasteiger charge is -2.20. The molecule has 0 aliphatic carbocycles. The van der Waals surface area contributed by atoms with Crippen LogP contribution >= 0.6 is 0 Å². The molecule has 1 rings (SSSR count). The summed E-state index contributed by atoms with van der Waals surface area (Å²) in [7, 11) is 1.62. The lowest BCUT2D eigenvalue weighted by Crippen LogP contribution is -2.41.